The lowest BCUT2D eigenvalue weighted by Crippen LogP contribution is -2.43. The molecule has 0 bridgehead atoms. The molecule has 1 N–H and O–H groups in total. The Balaban J connectivity index is 2.58. The van der Waals surface area contributed by atoms with Crippen molar-refractivity contribution in [3.8, 4) is 12.3 Å². The summed E-state index contributed by atoms with van der Waals surface area (Å²) in [5.74, 6) is 3.17. The van der Waals surface area contributed by atoms with Crippen LogP contribution in [0.15, 0.2) is 0 Å². The van der Waals surface area contributed by atoms with Crippen LogP contribution in [0.4, 0.5) is 0 Å². The fourth-order valence-corrected chi connectivity index (χ4v) is 2.46. The molecular weight excluding hydrogens is 202 g/mol. The van der Waals surface area contributed by atoms with E-state index in [1.807, 2.05) is 4.90 Å². The quantitative estimate of drug-likeness (QED) is 0.739. The third-order valence-electron chi connectivity index (χ3n) is 3.72. The number of hydrogen-bond donors (Lipinski definition) is 1. The zero-order chi connectivity index (χ0) is 12.1. The van der Waals surface area contributed by atoms with Crippen LogP contribution in [0, 0.1) is 24.2 Å². The summed E-state index contributed by atoms with van der Waals surface area (Å²) >= 11 is 0. The van der Waals surface area contributed by atoms with Gasteiger partial charge in [-0.3, -0.25) is 9.69 Å². The number of hydrogen-bond acceptors (Lipinski definition) is 2. The first-order valence-electron chi connectivity index (χ1n) is 5.94. The van der Waals surface area contributed by atoms with Gasteiger partial charge in [-0.15, -0.1) is 6.42 Å². The summed E-state index contributed by atoms with van der Waals surface area (Å²) in [6.07, 6.45) is 8.60. The van der Waals surface area contributed by atoms with Gasteiger partial charge < -0.3 is 5.11 Å². The molecule has 3 atom stereocenters. The first-order chi connectivity index (χ1) is 7.54. The number of carboxylic acid groups (broad SMARTS) is 1. The molecule has 90 valence electrons. The van der Waals surface area contributed by atoms with E-state index in [9.17, 15) is 4.79 Å². The van der Waals surface area contributed by atoms with Crippen LogP contribution in [-0.2, 0) is 4.79 Å². The van der Waals surface area contributed by atoms with Gasteiger partial charge >= 0.3 is 5.97 Å². The van der Waals surface area contributed by atoms with Gasteiger partial charge in [0.15, 0.2) is 0 Å². The van der Waals surface area contributed by atoms with Crippen LogP contribution in [-0.4, -0.2) is 35.1 Å². The summed E-state index contributed by atoms with van der Waals surface area (Å²) in [6.45, 7) is 5.02. The molecule has 1 saturated carbocycles. The average Bonchev–Trinajstić information content (AvgIpc) is 2.21. The summed E-state index contributed by atoms with van der Waals surface area (Å²) in [5, 5.41) is 8.85. The Kier molecular flexibility index (Phi) is 4.82. The van der Waals surface area contributed by atoms with Gasteiger partial charge in [0.05, 0.1) is 13.1 Å². The summed E-state index contributed by atoms with van der Waals surface area (Å²) < 4.78 is 0. The lowest BCUT2D eigenvalue weighted by molar-refractivity contribution is -0.139. The number of terminal acetylenes is 1. The van der Waals surface area contributed by atoms with Gasteiger partial charge in [0.1, 0.15) is 0 Å². The van der Waals surface area contributed by atoms with Crippen molar-refractivity contribution in [1.82, 2.24) is 4.90 Å². The molecule has 0 aromatic heterocycles. The molecule has 0 aliphatic heterocycles. The Hall–Kier alpha value is -1.01. The highest BCUT2D eigenvalue weighted by Gasteiger charge is 2.29. The summed E-state index contributed by atoms with van der Waals surface area (Å²) in [6, 6.07) is 0.346. The van der Waals surface area contributed by atoms with Gasteiger partial charge in [-0.25, -0.2) is 0 Å². The van der Waals surface area contributed by atoms with Crippen LogP contribution in [0.3, 0.4) is 0 Å². The zero-order valence-corrected chi connectivity index (χ0v) is 10.1. The Labute approximate surface area is 97.8 Å². The highest BCUT2D eigenvalue weighted by Crippen LogP contribution is 2.31. The minimum absolute atomic E-state index is 0.0654. The summed E-state index contributed by atoms with van der Waals surface area (Å²) in [7, 11) is 0. The van der Waals surface area contributed by atoms with Crippen LogP contribution in [0.5, 0.6) is 0 Å². The number of rotatable bonds is 4. The highest BCUT2D eigenvalue weighted by molar-refractivity contribution is 5.69. The largest absolute Gasteiger partial charge is 0.480 e. The van der Waals surface area contributed by atoms with E-state index in [1.165, 1.54) is 6.42 Å². The summed E-state index contributed by atoms with van der Waals surface area (Å²) in [4.78, 5) is 12.7. The van der Waals surface area contributed by atoms with Crippen molar-refractivity contribution >= 4 is 5.97 Å². The molecule has 0 spiro atoms. The number of nitrogens with zero attached hydrogens (tertiary/aromatic N) is 1. The first-order valence-corrected chi connectivity index (χ1v) is 5.94. The molecule has 1 rings (SSSR count). The van der Waals surface area contributed by atoms with Gasteiger partial charge in [-0.05, 0) is 31.1 Å². The second-order valence-electron chi connectivity index (χ2n) is 4.92. The molecule has 0 saturated heterocycles. The standard InChI is InChI=1S/C13H21NO2/c1-4-7-14(9-13(15)16)12-6-5-10(2)11(3)8-12/h1,10-12H,5-9H2,2-3H3,(H,15,16). The highest BCUT2D eigenvalue weighted by atomic mass is 16.4. The fraction of sp³-hybridized carbons (Fsp3) is 0.769. The molecule has 1 aliphatic carbocycles. The average molecular weight is 223 g/mol. The van der Waals surface area contributed by atoms with Crippen molar-refractivity contribution in [1.29, 1.82) is 0 Å². The number of aliphatic carboxylic acids is 1. The number of carbonyl (C=O) groups is 1. The Morgan fingerprint density at radius 2 is 2.12 bits per heavy atom. The third kappa shape index (κ3) is 3.53. The molecule has 1 aliphatic rings. The fourth-order valence-electron chi connectivity index (χ4n) is 2.46. The van der Waals surface area contributed by atoms with Crippen molar-refractivity contribution in [3.63, 3.8) is 0 Å². The van der Waals surface area contributed by atoms with Gasteiger partial charge in [0, 0.05) is 6.04 Å². The normalized spacial score (nSPS) is 30.0. The van der Waals surface area contributed by atoms with Gasteiger partial charge in [0.25, 0.3) is 0 Å². The van der Waals surface area contributed by atoms with Crippen molar-refractivity contribution in [3.05, 3.63) is 0 Å². The molecule has 0 radical (unpaired) electrons. The van der Waals surface area contributed by atoms with Crippen LogP contribution in [0.25, 0.3) is 0 Å². The molecule has 16 heavy (non-hydrogen) atoms. The SMILES string of the molecule is C#CCN(CC(=O)O)C1CCC(C)C(C)C1. The van der Waals surface area contributed by atoms with E-state index in [0.29, 0.717) is 18.5 Å². The Morgan fingerprint density at radius 1 is 1.44 bits per heavy atom. The van der Waals surface area contributed by atoms with E-state index in [0.717, 1.165) is 18.8 Å². The summed E-state index contributed by atoms with van der Waals surface area (Å²) in [5.41, 5.74) is 0. The zero-order valence-electron chi connectivity index (χ0n) is 10.1. The van der Waals surface area contributed by atoms with Crippen LogP contribution in [0.2, 0.25) is 0 Å². The lowest BCUT2D eigenvalue weighted by Gasteiger charge is -2.37. The van der Waals surface area contributed by atoms with Crippen molar-refractivity contribution in [2.75, 3.05) is 13.1 Å². The minimum Gasteiger partial charge on any atom is -0.480 e. The van der Waals surface area contributed by atoms with E-state index < -0.39 is 5.97 Å². The maximum absolute atomic E-state index is 10.8. The van der Waals surface area contributed by atoms with E-state index >= 15 is 0 Å². The van der Waals surface area contributed by atoms with Crippen molar-refractivity contribution < 1.29 is 9.90 Å². The minimum atomic E-state index is -0.790. The van der Waals surface area contributed by atoms with Gasteiger partial charge in [0.2, 0.25) is 0 Å². The van der Waals surface area contributed by atoms with Crippen LogP contribution >= 0.6 is 0 Å². The molecule has 3 unspecified atom stereocenters. The number of carboxylic acids is 1. The molecule has 0 aromatic rings. The topological polar surface area (TPSA) is 40.5 Å². The smallest absolute Gasteiger partial charge is 0.317 e. The molecule has 0 amide bonds. The van der Waals surface area contributed by atoms with Crippen molar-refractivity contribution in [2.45, 2.75) is 39.2 Å². The first kappa shape index (κ1) is 13.1. The predicted molar refractivity (Wildman–Crippen MR) is 64.0 cm³/mol. The third-order valence-corrected chi connectivity index (χ3v) is 3.72. The van der Waals surface area contributed by atoms with Crippen molar-refractivity contribution in [2.24, 2.45) is 11.8 Å². The van der Waals surface area contributed by atoms with Crippen LogP contribution < -0.4 is 0 Å². The Morgan fingerprint density at radius 3 is 2.62 bits per heavy atom. The molecule has 0 heterocycles. The molecule has 0 aromatic carbocycles. The van der Waals surface area contributed by atoms with Gasteiger partial charge in [-0.2, -0.15) is 0 Å². The predicted octanol–water partition coefficient (Wildman–Crippen LogP) is 1.83. The lowest BCUT2D eigenvalue weighted by atomic mass is 9.78. The molecule has 3 heteroatoms. The van der Waals surface area contributed by atoms with Gasteiger partial charge in [-0.1, -0.05) is 19.8 Å². The second kappa shape index (κ2) is 5.91. The maximum Gasteiger partial charge on any atom is 0.317 e. The Bertz CT molecular complexity index is 282. The maximum atomic E-state index is 10.8. The molecular formula is C13H21NO2. The van der Waals surface area contributed by atoms with Crippen LogP contribution in [0.1, 0.15) is 33.1 Å². The van der Waals surface area contributed by atoms with E-state index in [1.54, 1.807) is 0 Å². The van der Waals surface area contributed by atoms with E-state index in [4.69, 9.17) is 11.5 Å². The monoisotopic (exact) mass is 223 g/mol. The van der Waals surface area contributed by atoms with E-state index in [2.05, 4.69) is 19.8 Å². The second-order valence-corrected chi connectivity index (χ2v) is 4.92. The van der Waals surface area contributed by atoms with E-state index in [-0.39, 0.29) is 6.54 Å². The molecule has 1 fully saturated rings. The molecule has 3 nitrogen and oxygen atoms in total.